The molecule has 0 N–H and O–H groups in total. The van der Waals surface area contributed by atoms with Gasteiger partial charge in [0.15, 0.2) is 5.82 Å². The minimum Gasteiger partial charge on any atom is -0.493 e. The molecular weight excluding hydrogens is 583 g/mol. The number of benzene rings is 2. The second-order valence-electron chi connectivity index (χ2n) is 10.0. The summed E-state index contributed by atoms with van der Waals surface area (Å²) in [7, 11) is -4.72. The first-order valence-corrected chi connectivity index (χ1v) is 14.7. The first kappa shape index (κ1) is 29.9. The Hall–Kier alpha value is -2.08. The van der Waals surface area contributed by atoms with E-state index in [1.54, 1.807) is 6.07 Å². The summed E-state index contributed by atoms with van der Waals surface area (Å²) in [6.45, 7) is 5.33. The molecule has 0 spiro atoms. The van der Waals surface area contributed by atoms with Crippen LogP contribution >= 0.6 is 23.2 Å². The number of likely N-dealkylation sites (tertiary alicyclic amines) is 1. The number of hydrogen-bond donors (Lipinski definition) is 0. The van der Waals surface area contributed by atoms with Crippen LogP contribution in [0.1, 0.15) is 49.8 Å². The van der Waals surface area contributed by atoms with Crippen molar-refractivity contribution in [2.24, 2.45) is 5.92 Å². The molecule has 6 nitrogen and oxygen atoms in total. The highest BCUT2D eigenvalue weighted by Crippen LogP contribution is 2.39. The van der Waals surface area contributed by atoms with Crippen molar-refractivity contribution in [1.29, 1.82) is 0 Å². The largest absolute Gasteiger partial charge is 0.493 e. The first-order valence-electron chi connectivity index (χ1n) is 12.5. The number of aryl methyl sites for hydroxylation is 1. The van der Waals surface area contributed by atoms with Gasteiger partial charge < -0.3 is 4.74 Å². The molecule has 13 heteroatoms. The molecule has 2 aromatic rings. The molecule has 0 radical (unpaired) electrons. The molecule has 4 rings (SSSR count). The Morgan fingerprint density at radius 3 is 2.21 bits per heavy atom. The third-order valence-electron chi connectivity index (χ3n) is 7.13. The predicted molar refractivity (Wildman–Crippen MR) is 141 cm³/mol. The van der Waals surface area contributed by atoms with Gasteiger partial charge in [0.05, 0.1) is 17.5 Å². The molecule has 1 heterocycles. The standard InChI is InChI=1S/C26H28Cl2F4N2O4S/c1-15-9-23(34(25(35)26(30,31)32)39(36,37)21-3-4-21)22(29)13-24(15)38-14-17-5-7-33(8-6-17)16(2)18-10-19(27)12-20(28)11-18/h9-13,16-17,21H,3-8,14H2,1-2H3. The number of amides is 1. The van der Waals surface area contributed by atoms with Gasteiger partial charge in [0.25, 0.3) is 0 Å². The Labute approximate surface area is 234 Å². The number of carbonyl (C=O) groups excluding carboxylic acids is 1. The van der Waals surface area contributed by atoms with E-state index in [0.29, 0.717) is 10.0 Å². The first-order chi connectivity index (χ1) is 18.2. The highest BCUT2D eigenvalue weighted by molar-refractivity contribution is 7.94. The van der Waals surface area contributed by atoms with E-state index in [0.717, 1.165) is 43.6 Å². The molecule has 1 aliphatic carbocycles. The molecule has 2 aliphatic rings. The molecule has 0 bridgehead atoms. The van der Waals surface area contributed by atoms with Crippen LogP contribution in [0.4, 0.5) is 23.2 Å². The summed E-state index contributed by atoms with van der Waals surface area (Å²) >= 11 is 12.3. The monoisotopic (exact) mass is 610 g/mol. The van der Waals surface area contributed by atoms with Crippen LogP contribution in [0.3, 0.4) is 0 Å². The van der Waals surface area contributed by atoms with Crippen molar-refractivity contribution >= 4 is 44.8 Å². The number of rotatable bonds is 8. The summed E-state index contributed by atoms with van der Waals surface area (Å²) in [4.78, 5) is 14.3. The number of carbonyl (C=O) groups is 1. The number of halogens is 6. The fraction of sp³-hybridized carbons (Fsp3) is 0.500. The second kappa shape index (κ2) is 11.4. The summed E-state index contributed by atoms with van der Waals surface area (Å²) in [5.74, 6) is -3.72. The van der Waals surface area contributed by atoms with E-state index in [1.807, 2.05) is 12.1 Å². The lowest BCUT2D eigenvalue weighted by Crippen LogP contribution is -2.46. The van der Waals surface area contributed by atoms with Crippen LogP contribution in [0.25, 0.3) is 0 Å². The molecule has 2 aromatic carbocycles. The summed E-state index contributed by atoms with van der Waals surface area (Å²) in [5.41, 5.74) is 0.258. The van der Waals surface area contributed by atoms with E-state index in [1.165, 1.54) is 6.92 Å². The molecule has 1 saturated carbocycles. The van der Waals surface area contributed by atoms with Crippen LogP contribution in [0.5, 0.6) is 5.75 Å². The van der Waals surface area contributed by atoms with Gasteiger partial charge in [-0.25, -0.2) is 12.8 Å². The Bertz CT molecular complexity index is 1320. The third-order valence-corrected chi connectivity index (χ3v) is 9.75. The number of nitrogens with zero attached hydrogens (tertiary/aromatic N) is 2. The van der Waals surface area contributed by atoms with Gasteiger partial charge in [0, 0.05) is 22.2 Å². The zero-order chi connectivity index (χ0) is 28.7. The van der Waals surface area contributed by atoms with Crippen LogP contribution in [-0.2, 0) is 14.8 Å². The quantitative estimate of drug-likeness (QED) is 0.312. The minimum absolute atomic E-state index is 0.0730. The summed E-state index contributed by atoms with van der Waals surface area (Å²) in [6.07, 6.45) is -3.69. The number of ether oxygens (including phenoxy) is 1. The maximum atomic E-state index is 15.0. The Morgan fingerprint density at radius 1 is 1.08 bits per heavy atom. The van der Waals surface area contributed by atoms with Gasteiger partial charge in [-0.2, -0.15) is 17.5 Å². The molecule has 1 saturated heterocycles. The van der Waals surface area contributed by atoms with Crippen molar-refractivity contribution < 1.29 is 35.5 Å². The summed E-state index contributed by atoms with van der Waals surface area (Å²) < 4.78 is 85.4. The lowest BCUT2D eigenvalue weighted by molar-refractivity contribution is -0.169. The Morgan fingerprint density at radius 2 is 1.67 bits per heavy atom. The maximum Gasteiger partial charge on any atom is 0.472 e. The van der Waals surface area contributed by atoms with E-state index in [2.05, 4.69) is 11.8 Å². The zero-order valence-electron chi connectivity index (χ0n) is 21.3. The molecule has 1 unspecified atom stereocenters. The normalized spacial score (nSPS) is 18.2. The van der Waals surface area contributed by atoms with E-state index < -0.39 is 43.2 Å². The molecule has 39 heavy (non-hydrogen) atoms. The SMILES string of the molecule is Cc1cc(N(C(=O)C(F)(F)F)S(=O)(=O)C2CC2)c(F)cc1OCC1CCN(C(C)c2cc(Cl)cc(Cl)c2)CC1. The van der Waals surface area contributed by atoms with Crippen LogP contribution in [0, 0.1) is 18.7 Å². The fourth-order valence-electron chi connectivity index (χ4n) is 4.69. The highest BCUT2D eigenvalue weighted by atomic mass is 35.5. The van der Waals surface area contributed by atoms with Crippen molar-refractivity contribution in [3.63, 3.8) is 0 Å². The molecule has 214 valence electrons. The van der Waals surface area contributed by atoms with Crippen molar-refractivity contribution in [2.75, 3.05) is 24.0 Å². The van der Waals surface area contributed by atoms with Crippen molar-refractivity contribution in [2.45, 2.75) is 57.0 Å². The van der Waals surface area contributed by atoms with Crippen LogP contribution in [0.15, 0.2) is 30.3 Å². The maximum absolute atomic E-state index is 15.0. The van der Waals surface area contributed by atoms with Gasteiger partial charge in [0.2, 0.25) is 10.0 Å². The van der Waals surface area contributed by atoms with Crippen molar-refractivity contribution in [3.05, 3.63) is 57.3 Å². The number of alkyl halides is 3. The number of piperidine rings is 1. The summed E-state index contributed by atoms with van der Waals surface area (Å²) in [5, 5.41) is -0.0153. The summed E-state index contributed by atoms with van der Waals surface area (Å²) in [6, 6.07) is 7.29. The third kappa shape index (κ3) is 6.81. The Balaban J connectivity index is 1.42. The van der Waals surface area contributed by atoms with Crippen LogP contribution < -0.4 is 9.04 Å². The average Bonchev–Trinajstić information content (AvgIpc) is 3.70. The van der Waals surface area contributed by atoms with E-state index >= 15 is 4.39 Å². The number of anilines is 1. The minimum atomic E-state index is -5.50. The van der Waals surface area contributed by atoms with Crippen LogP contribution in [-0.4, -0.2) is 50.3 Å². The van der Waals surface area contributed by atoms with Gasteiger partial charge in [-0.05, 0) is 93.9 Å². The van der Waals surface area contributed by atoms with Gasteiger partial charge in [-0.1, -0.05) is 23.2 Å². The molecule has 1 atom stereocenters. The van der Waals surface area contributed by atoms with E-state index in [9.17, 15) is 26.4 Å². The highest BCUT2D eigenvalue weighted by Gasteiger charge is 2.52. The van der Waals surface area contributed by atoms with Crippen molar-refractivity contribution in [3.8, 4) is 5.75 Å². The molecule has 1 amide bonds. The Kier molecular flexibility index (Phi) is 8.76. The molecule has 2 fully saturated rings. The lowest BCUT2D eigenvalue weighted by Gasteiger charge is -2.36. The zero-order valence-corrected chi connectivity index (χ0v) is 23.6. The van der Waals surface area contributed by atoms with Crippen LogP contribution in [0.2, 0.25) is 10.0 Å². The van der Waals surface area contributed by atoms with E-state index in [4.69, 9.17) is 27.9 Å². The molecule has 1 aliphatic heterocycles. The van der Waals surface area contributed by atoms with E-state index in [-0.39, 0.29) is 42.7 Å². The topological polar surface area (TPSA) is 66.9 Å². The smallest absolute Gasteiger partial charge is 0.472 e. The average molecular weight is 611 g/mol. The van der Waals surface area contributed by atoms with Crippen molar-refractivity contribution in [1.82, 2.24) is 4.90 Å². The second-order valence-corrected chi connectivity index (χ2v) is 13.0. The number of hydrogen-bond acceptors (Lipinski definition) is 5. The lowest BCUT2D eigenvalue weighted by atomic mass is 9.95. The molecular formula is C26H28Cl2F4N2O4S. The van der Waals surface area contributed by atoms with Gasteiger partial charge in [-0.3, -0.25) is 9.69 Å². The van der Waals surface area contributed by atoms with Gasteiger partial charge >= 0.3 is 12.1 Å². The fourth-order valence-corrected chi connectivity index (χ4v) is 7.01. The number of sulfonamides is 1. The van der Waals surface area contributed by atoms with Gasteiger partial charge in [0.1, 0.15) is 5.75 Å². The van der Waals surface area contributed by atoms with Gasteiger partial charge in [-0.15, -0.1) is 0 Å². The predicted octanol–water partition coefficient (Wildman–Crippen LogP) is 6.68. The molecule has 0 aromatic heterocycles.